The van der Waals surface area contributed by atoms with E-state index in [1.54, 1.807) is 6.08 Å². The molecule has 0 bridgehead atoms. The SMILES string of the molecule is C=CCOc1cccc(CCN)c1. The van der Waals surface area contributed by atoms with E-state index in [4.69, 9.17) is 10.5 Å². The Labute approximate surface area is 79.0 Å². The van der Waals surface area contributed by atoms with Crippen molar-refractivity contribution in [3.05, 3.63) is 42.5 Å². The van der Waals surface area contributed by atoms with Crippen molar-refractivity contribution in [1.82, 2.24) is 0 Å². The van der Waals surface area contributed by atoms with Gasteiger partial charge in [0.15, 0.2) is 0 Å². The molecule has 0 heterocycles. The maximum absolute atomic E-state index is 5.45. The monoisotopic (exact) mass is 177 g/mol. The molecule has 0 aliphatic carbocycles. The largest absolute Gasteiger partial charge is 0.490 e. The molecule has 2 nitrogen and oxygen atoms in total. The van der Waals surface area contributed by atoms with E-state index in [0.29, 0.717) is 13.2 Å². The van der Waals surface area contributed by atoms with E-state index < -0.39 is 0 Å². The van der Waals surface area contributed by atoms with Gasteiger partial charge in [-0.1, -0.05) is 24.8 Å². The van der Waals surface area contributed by atoms with Gasteiger partial charge in [0.1, 0.15) is 12.4 Å². The summed E-state index contributed by atoms with van der Waals surface area (Å²) in [5, 5.41) is 0. The average Bonchev–Trinajstić information content (AvgIpc) is 2.16. The number of rotatable bonds is 5. The zero-order valence-electron chi connectivity index (χ0n) is 7.70. The first-order valence-corrected chi connectivity index (χ1v) is 4.39. The molecule has 1 aromatic carbocycles. The minimum Gasteiger partial charge on any atom is -0.490 e. The van der Waals surface area contributed by atoms with Gasteiger partial charge in [-0.15, -0.1) is 0 Å². The lowest BCUT2D eigenvalue weighted by atomic mass is 10.1. The molecular formula is C11H15NO. The van der Waals surface area contributed by atoms with Gasteiger partial charge in [0.2, 0.25) is 0 Å². The van der Waals surface area contributed by atoms with Crippen LogP contribution in [0, 0.1) is 0 Å². The molecule has 0 radical (unpaired) electrons. The fourth-order valence-corrected chi connectivity index (χ4v) is 1.11. The lowest BCUT2D eigenvalue weighted by Gasteiger charge is -2.04. The molecule has 0 unspecified atom stereocenters. The maximum Gasteiger partial charge on any atom is 0.120 e. The molecule has 0 atom stereocenters. The number of hydrogen-bond acceptors (Lipinski definition) is 2. The normalized spacial score (nSPS) is 9.62. The Morgan fingerprint density at radius 2 is 2.31 bits per heavy atom. The molecule has 0 amide bonds. The fraction of sp³-hybridized carbons (Fsp3) is 0.273. The highest BCUT2D eigenvalue weighted by atomic mass is 16.5. The number of hydrogen-bond donors (Lipinski definition) is 1. The van der Waals surface area contributed by atoms with E-state index in [2.05, 4.69) is 6.58 Å². The molecule has 0 fully saturated rings. The second-order valence-corrected chi connectivity index (χ2v) is 2.79. The zero-order valence-corrected chi connectivity index (χ0v) is 7.70. The van der Waals surface area contributed by atoms with Crippen molar-refractivity contribution < 1.29 is 4.74 Å². The van der Waals surface area contributed by atoms with Crippen molar-refractivity contribution in [2.24, 2.45) is 5.73 Å². The van der Waals surface area contributed by atoms with Gasteiger partial charge in [-0.2, -0.15) is 0 Å². The molecule has 1 aromatic rings. The summed E-state index contributed by atoms with van der Waals surface area (Å²) in [6.07, 6.45) is 2.63. The Morgan fingerprint density at radius 1 is 1.46 bits per heavy atom. The van der Waals surface area contributed by atoms with Gasteiger partial charge in [0.25, 0.3) is 0 Å². The summed E-state index contributed by atoms with van der Waals surface area (Å²) in [4.78, 5) is 0. The van der Waals surface area contributed by atoms with Crippen LogP contribution in [0.3, 0.4) is 0 Å². The number of nitrogens with two attached hydrogens (primary N) is 1. The Morgan fingerprint density at radius 3 is 3.00 bits per heavy atom. The molecule has 0 saturated carbocycles. The molecule has 0 saturated heterocycles. The highest BCUT2D eigenvalue weighted by Crippen LogP contribution is 2.13. The Bertz CT molecular complexity index is 271. The summed E-state index contributed by atoms with van der Waals surface area (Å²) in [5.74, 6) is 0.880. The van der Waals surface area contributed by atoms with Crippen LogP contribution in [0.25, 0.3) is 0 Å². The van der Waals surface area contributed by atoms with Crippen LogP contribution in [0.2, 0.25) is 0 Å². The first-order valence-electron chi connectivity index (χ1n) is 4.39. The highest BCUT2D eigenvalue weighted by Gasteiger charge is 1.94. The summed E-state index contributed by atoms with van der Waals surface area (Å²) in [5.41, 5.74) is 6.67. The van der Waals surface area contributed by atoms with E-state index >= 15 is 0 Å². The minimum atomic E-state index is 0.548. The van der Waals surface area contributed by atoms with Gasteiger partial charge in [-0.25, -0.2) is 0 Å². The second-order valence-electron chi connectivity index (χ2n) is 2.79. The van der Waals surface area contributed by atoms with Crippen molar-refractivity contribution in [3.8, 4) is 5.75 Å². The third-order valence-corrected chi connectivity index (χ3v) is 1.70. The summed E-state index contributed by atoms with van der Waals surface area (Å²) < 4.78 is 5.38. The van der Waals surface area contributed by atoms with Crippen LogP contribution < -0.4 is 10.5 Å². The summed E-state index contributed by atoms with van der Waals surface area (Å²) in [7, 11) is 0. The molecule has 0 aliphatic heterocycles. The van der Waals surface area contributed by atoms with E-state index in [9.17, 15) is 0 Å². The third-order valence-electron chi connectivity index (χ3n) is 1.70. The van der Waals surface area contributed by atoms with Crippen LogP contribution in [0.1, 0.15) is 5.56 Å². The highest BCUT2D eigenvalue weighted by molar-refractivity contribution is 5.28. The summed E-state index contributed by atoms with van der Waals surface area (Å²) in [6, 6.07) is 7.97. The van der Waals surface area contributed by atoms with Crippen LogP contribution in [0.15, 0.2) is 36.9 Å². The number of benzene rings is 1. The molecule has 0 spiro atoms. The van der Waals surface area contributed by atoms with Crippen molar-refractivity contribution in [3.63, 3.8) is 0 Å². The first-order chi connectivity index (χ1) is 6.36. The van der Waals surface area contributed by atoms with Crippen molar-refractivity contribution in [1.29, 1.82) is 0 Å². The standard InChI is InChI=1S/C11H15NO/c1-2-8-13-11-5-3-4-10(9-11)6-7-12/h2-5,9H,1,6-8,12H2. The van der Waals surface area contributed by atoms with Crippen molar-refractivity contribution in [2.75, 3.05) is 13.2 Å². The van der Waals surface area contributed by atoms with Gasteiger partial charge >= 0.3 is 0 Å². The van der Waals surface area contributed by atoms with Crippen molar-refractivity contribution in [2.45, 2.75) is 6.42 Å². The van der Waals surface area contributed by atoms with E-state index in [-0.39, 0.29) is 0 Å². The maximum atomic E-state index is 5.45. The van der Waals surface area contributed by atoms with Gasteiger partial charge in [0.05, 0.1) is 0 Å². The van der Waals surface area contributed by atoms with Gasteiger partial charge < -0.3 is 10.5 Å². The predicted molar refractivity (Wildman–Crippen MR) is 54.9 cm³/mol. The van der Waals surface area contributed by atoms with Crippen LogP contribution in [0.5, 0.6) is 5.75 Å². The molecule has 13 heavy (non-hydrogen) atoms. The van der Waals surface area contributed by atoms with Gasteiger partial charge in [-0.05, 0) is 30.7 Å². The zero-order chi connectivity index (χ0) is 9.52. The third kappa shape index (κ3) is 3.30. The van der Waals surface area contributed by atoms with Crippen LogP contribution in [-0.4, -0.2) is 13.2 Å². The topological polar surface area (TPSA) is 35.2 Å². The molecule has 0 aromatic heterocycles. The molecular weight excluding hydrogens is 162 g/mol. The Kier molecular flexibility index (Phi) is 4.06. The lowest BCUT2D eigenvalue weighted by Crippen LogP contribution is -2.02. The van der Waals surface area contributed by atoms with E-state index in [1.807, 2.05) is 24.3 Å². The van der Waals surface area contributed by atoms with Crippen molar-refractivity contribution >= 4 is 0 Å². The second kappa shape index (κ2) is 5.38. The fourth-order valence-electron chi connectivity index (χ4n) is 1.11. The average molecular weight is 177 g/mol. The summed E-state index contributed by atoms with van der Waals surface area (Å²) in [6.45, 7) is 4.81. The molecule has 0 aliphatic rings. The molecule has 1 rings (SSSR count). The minimum absolute atomic E-state index is 0.548. The lowest BCUT2D eigenvalue weighted by molar-refractivity contribution is 0.363. The molecule has 70 valence electrons. The number of ether oxygens (including phenoxy) is 1. The van der Waals surface area contributed by atoms with E-state index in [0.717, 1.165) is 12.2 Å². The smallest absolute Gasteiger partial charge is 0.120 e. The van der Waals surface area contributed by atoms with Crippen LogP contribution in [0.4, 0.5) is 0 Å². The Hall–Kier alpha value is -1.28. The predicted octanol–water partition coefficient (Wildman–Crippen LogP) is 1.75. The first kappa shape index (κ1) is 9.81. The molecule has 2 N–H and O–H groups in total. The summed E-state index contributed by atoms with van der Waals surface area (Å²) >= 11 is 0. The van der Waals surface area contributed by atoms with E-state index in [1.165, 1.54) is 5.56 Å². The van der Waals surface area contributed by atoms with Gasteiger partial charge in [0, 0.05) is 0 Å². The quantitative estimate of drug-likeness (QED) is 0.695. The van der Waals surface area contributed by atoms with Gasteiger partial charge in [-0.3, -0.25) is 0 Å². The Balaban J connectivity index is 2.61. The van der Waals surface area contributed by atoms with Crippen LogP contribution >= 0.6 is 0 Å². The molecule has 2 heteroatoms. The van der Waals surface area contributed by atoms with Crippen LogP contribution in [-0.2, 0) is 6.42 Å².